The minimum absolute atomic E-state index is 0.0338. The first kappa shape index (κ1) is 15.3. The van der Waals surface area contributed by atoms with Crippen LogP contribution in [0.25, 0.3) is 22.5 Å². The Balaban J connectivity index is 2.09. The van der Waals surface area contributed by atoms with Gasteiger partial charge < -0.3 is 5.84 Å². The minimum Gasteiger partial charge on any atom is -0.335 e. The summed E-state index contributed by atoms with van der Waals surface area (Å²) < 4.78 is 1.58. The largest absolute Gasteiger partial charge is 0.335 e. The lowest BCUT2D eigenvalue weighted by Gasteiger charge is -2.07. The standard InChI is InChI=1S/C13H8Cl3N7O/c14-13(15,16)11-20-23-10(24)8-6-18-22(7-4-2-1-3-5-7)9(8)19-12(23)21(11)17/h1-6H,17H2. The number of fused-ring (bicyclic) bond motifs is 2. The zero-order chi connectivity index (χ0) is 17.1. The normalized spacial score (nSPS) is 12.3. The summed E-state index contributed by atoms with van der Waals surface area (Å²) in [6.07, 6.45) is 1.41. The van der Waals surface area contributed by atoms with Gasteiger partial charge in [-0.1, -0.05) is 53.0 Å². The average molecular weight is 385 g/mol. The Bertz CT molecular complexity index is 1120. The van der Waals surface area contributed by atoms with Gasteiger partial charge in [0.25, 0.3) is 15.1 Å². The number of nitrogens with two attached hydrogens (primary N) is 1. The van der Waals surface area contributed by atoms with Gasteiger partial charge in [0.2, 0.25) is 5.82 Å². The zero-order valence-corrected chi connectivity index (χ0v) is 14.0. The van der Waals surface area contributed by atoms with Crippen LogP contribution in [-0.2, 0) is 3.79 Å². The number of nitrogens with zero attached hydrogens (tertiary/aromatic N) is 6. The van der Waals surface area contributed by atoms with E-state index in [4.69, 9.17) is 40.6 Å². The smallest absolute Gasteiger partial charge is 0.286 e. The number of rotatable bonds is 1. The van der Waals surface area contributed by atoms with Crippen LogP contribution in [0.4, 0.5) is 0 Å². The molecule has 0 amide bonds. The number of alkyl halides is 3. The average Bonchev–Trinajstić information content (AvgIpc) is 3.11. The van der Waals surface area contributed by atoms with Crippen LogP contribution in [0.5, 0.6) is 0 Å². The highest BCUT2D eigenvalue weighted by Gasteiger charge is 2.32. The molecule has 0 aliphatic heterocycles. The van der Waals surface area contributed by atoms with Crippen LogP contribution in [0.3, 0.4) is 0 Å². The monoisotopic (exact) mass is 383 g/mol. The number of aromatic nitrogens is 6. The molecule has 1 aromatic carbocycles. The third-order valence-electron chi connectivity index (χ3n) is 3.45. The highest BCUT2D eigenvalue weighted by molar-refractivity contribution is 6.66. The Morgan fingerprint density at radius 2 is 1.83 bits per heavy atom. The molecule has 24 heavy (non-hydrogen) atoms. The first-order chi connectivity index (χ1) is 11.4. The van der Waals surface area contributed by atoms with Gasteiger partial charge >= 0.3 is 0 Å². The Morgan fingerprint density at radius 3 is 2.50 bits per heavy atom. The van der Waals surface area contributed by atoms with E-state index in [2.05, 4.69) is 15.2 Å². The maximum atomic E-state index is 12.6. The van der Waals surface area contributed by atoms with E-state index in [1.807, 2.05) is 30.3 Å². The Kier molecular flexibility index (Phi) is 3.24. The molecule has 0 fully saturated rings. The van der Waals surface area contributed by atoms with Crippen LogP contribution < -0.4 is 11.4 Å². The first-order valence-electron chi connectivity index (χ1n) is 6.65. The van der Waals surface area contributed by atoms with Gasteiger partial charge in [0, 0.05) is 0 Å². The molecule has 0 aliphatic rings. The lowest BCUT2D eigenvalue weighted by atomic mass is 10.3. The summed E-state index contributed by atoms with van der Waals surface area (Å²) in [6, 6.07) is 9.24. The second kappa shape index (κ2) is 5.10. The van der Waals surface area contributed by atoms with Crippen molar-refractivity contribution >= 4 is 51.6 Å². The van der Waals surface area contributed by atoms with Gasteiger partial charge in [-0.3, -0.25) is 4.79 Å². The van der Waals surface area contributed by atoms with Crippen LogP contribution >= 0.6 is 34.8 Å². The second-order valence-corrected chi connectivity index (χ2v) is 7.23. The van der Waals surface area contributed by atoms with Gasteiger partial charge in [-0.15, -0.1) is 5.10 Å². The molecule has 0 spiro atoms. The Labute approximate surface area is 148 Å². The molecule has 0 unspecified atom stereocenters. The lowest BCUT2D eigenvalue weighted by molar-refractivity contribution is 0.851. The predicted octanol–water partition coefficient (Wildman–Crippen LogP) is 1.77. The van der Waals surface area contributed by atoms with Gasteiger partial charge in [0.15, 0.2) is 5.65 Å². The van der Waals surface area contributed by atoms with Crippen LogP contribution in [0, 0.1) is 0 Å². The van der Waals surface area contributed by atoms with Gasteiger partial charge in [0.05, 0.1) is 11.9 Å². The van der Waals surface area contributed by atoms with E-state index >= 15 is 0 Å². The van der Waals surface area contributed by atoms with E-state index in [0.717, 1.165) is 14.9 Å². The van der Waals surface area contributed by atoms with Crippen LogP contribution in [0.15, 0.2) is 41.3 Å². The highest BCUT2D eigenvalue weighted by atomic mass is 35.6. The summed E-state index contributed by atoms with van der Waals surface area (Å²) in [5.41, 5.74) is 0.610. The fourth-order valence-electron chi connectivity index (χ4n) is 2.38. The number of halogens is 3. The molecule has 11 heteroatoms. The Morgan fingerprint density at radius 1 is 1.12 bits per heavy atom. The van der Waals surface area contributed by atoms with E-state index in [0.29, 0.717) is 5.65 Å². The quantitative estimate of drug-likeness (QED) is 0.398. The van der Waals surface area contributed by atoms with Crippen LogP contribution in [0.1, 0.15) is 5.82 Å². The third kappa shape index (κ3) is 2.15. The molecule has 122 valence electrons. The molecule has 4 aromatic rings. The maximum absolute atomic E-state index is 12.6. The SMILES string of the molecule is Nn1c(C(Cl)(Cl)Cl)nn2c(=O)c3cnn(-c4ccccc4)c3nc12. The number of hydrogen-bond acceptors (Lipinski definition) is 5. The van der Waals surface area contributed by atoms with Crippen molar-refractivity contribution in [3.63, 3.8) is 0 Å². The van der Waals surface area contributed by atoms with Crippen molar-refractivity contribution in [2.24, 2.45) is 0 Å². The molecular weight excluding hydrogens is 377 g/mol. The van der Waals surface area contributed by atoms with Crippen molar-refractivity contribution < 1.29 is 0 Å². The summed E-state index contributed by atoms with van der Waals surface area (Å²) in [7, 11) is 0. The number of hydrogen-bond donors (Lipinski definition) is 1. The van der Waals surface area contributed by atoms with Crippen molar-refractivity contribution in [1.82, 2.24) is 29.1 Å². The molecule has 3 heterocycles. The molecule has 0 aliphatic carbocycles. The molecule has 2 N–H and O–H groups in total. The van der Waals surface area contributed by atoms with Crippen molar-refractivity contribution in [1.29, 1.82) is 0 Å². The van der Waals surface area contributed by atoms with E-state index in [-0.39, 0.29) is 17.0 Å². The van der Waals surface area contributed by atoms with E-state index in [9.17, 15) is 4.79 Å². The fourth-order valence-corrected chi connectivity index (χ4v) is 2.77. The van der Waals surface area contributed by atoms with Crippen molar-refractivity contribution in [3.8, 4) is 5.69 Å². The first-order valence-corrected chi connectivity index (χ1v) is 7.78. The molecule has 3 aromatic heterocycles. The minimum atomic E-state index is -1.90. The molecule has 0 bridgehead atoms. The van der Waals surface area contributed by atoms with Gasteiger partial charge in [0.1, 0.15) is 5.39 Å². The number of para-hydroxylation sites is 1. The summed E-state index contributed by atoms with van der Waals surface area (Å²) in [6.45, 7) is 0. The summed E-state index contributed by atoms with van der Waals surface area (Å²) in [4.78, 5) is 17.0. The summed E-state index contributed by atoms with van der Waals surface area (Å²) in [5, 5.41) is 8.45. The molecule has 0 saturated heterocycles. The molecule has 4 rings (SSSR count). The molecule has 0 radical (unpaired) electrons. The fraction of sp³-hybridized carbons (Fsp3) is 0.0769. The van der Waals surface area contributed by atoms with Crippen molar-refractivity contribution in [3.05, 3.63) is 52.7 Å². The number of benzene rings is 1. The highest BCUT2D eigenvalue weighted by Crippen LogP contribution is 2.36. The topological polar surface area (TPSA) is 96.0 Å². The maximum Gasteiger partial charge on any atom is 0.286 e. The number of nitrogen functional groups attached to an aromatic ring is 1. The predicted molar refractivity (Wildman–Crippen MR) is 91.3 cm³/mol. The summed E-state index contributed by atoms with van der Waals surface area (Å²) >= 11 is 17.5. The lowest BCUT2D eigenvalue weighted by Crippen LogP contribution is -2.20. The van der Waals surface area contributed by atoms with Crippen LogP contribution in [-0.4, -0.2) is 29.1 Å². The van der Waals surface area contributed by atoms with E-state index in [1.165, 1.54) is 10.9 Å². The summed E-state index contributed by atoms with van der Waals surface area (Å²) in [5.74, 6) is 5.80. The van der Waals surface area contributed by atoms with Gasteiger partial charge in [-0.05, 0) is 12.1 Å². The molecular formula is C13H8Cl3N7O. The molecule has 0 atom stereocenters. The zero-order valence-electron chi connectivity index (χ0n) is 11.8. The second-order valence-electron chi connectivity index (χ2n) is 4.95. The third-order valence-corrected chi connectivity index (χ3v) is 3.96. The van der Waals surface area contributed by atoms with Crippen LogP contribution in [0.2, 0.25) is 0 Å². The van der Waals surface area contributed by atoms with E-state index < -0.39 is 9.35 Å². The van der Waals surface area contributed by atoms with Crippen molar-refractivity contribution in [2.45, 2.75) is 3.79 Å². The molecule has 8 nitrogen and oxygen atoms in total. The van der Waals surface area contributed by atoms with Gasteiger partial charge in [-0.2, -0.15) is 14.6 Å². The van der Waals surface area contributed by atoms with E-state index in [1.54, 1.807) is 0 Å². The Hall–Kier alpha value is -2.29. The van der Waals surface area contributed by atoms with Crippen molar-refractivity contribution in [2.75, 3.05) is 5.84 Å². The molecule has 0 saturated carbocycles. The van der Waals surface area contributed by atoms with Gasteiger partial charge in [-0.25, -0.2) is 9.36 Å².